The highest BCUT2D eigenvalue weighted by Gasteiger charge is 2.25. The molecule has 1 aliphatic rings. The van der Waals surface area contributed by atoms with Crippen LogP contribution < -0.4 is 22.7 Å². The number of H-pyrrole nitrogens is 1. The van der Waals surface area contributed by atoms with Crippen LogP contribution in [0.25, 0.3) is 11.1 Å². The van der Waals surface area contributed by atoms with Crippen molar-refractivity contribution in [3.05, 3.63) is 51.3 Å². The van der Waals surface area contributed by atoms with Gasteiger partial charge in [-0.1, -0.05) is 36.0 Å². The quantitative estimate of drug-likeness (QED) is 0.147. The van der Waals surface area contributed by atoms with Crippen LogP contribution in [0, 0.1) is 11.3 Å². The third kappa shape index (κ3) is 3.86. The molecule has 0 bridgehead atoms. The Morgan fingerprint density at radius 1 is 1.48 bits per heavy atom. The molecule has 0 saturated heterocycles. The van der Waals surface area contributed by atoms with Gasteiger partial charge < -0.3 is 16.3 Å². The van der Waals surface area contributed by atoms with E-state index in [4.69, 9.17) is 11.7 Å². The number of rotatable bonds is 6. The lowest BCUT2D eigenvalue weighted by Gasteiger charge is -2.13. The Bertz CT molecular complexity index is 1000. The lowest BCUT2D eigenvalue weighted by molar-refractivity contribution is 0.112. The minimum atomic E-state index is -0.551. The van der Waals surface area contributed by atoms with Gasteiger partial charge in [0.1, 0.15) is 11.9 Å². The van der Waals surface area contributed by atoms with Crippen LogP contribution >= 0.6 is 11.8 Å². The number of thioether (sulfide) groups is 1. The molecule has 0 aliphatic heterocycles. The average Bonchev–Trinajstić information content (AvgIpc) is 3.53. The maximum Gasteiger partial charge on any atom is 0.260 e. The van der Waals surface area contributed by atoms with Crippen molar-refractivity contribution in [2.75, 3.05) is 5.75 Å². The summed E-state index contributed by atoms with van der Waals surface area (Å²) in [5.41, 5.74) is 4.12. The Kier molecular flexibility index (Phi) is 5.59. The first-order chi connectivity index (χ1) is 13.1. The Hall–Kier alpha value is -3.09. The second kappa shape index (κ2) is 8.07. The number of aromatic amines is 1. The molecule has 1 aliphatic carbocycles. The summed E-state index contributed by atoms with van der Waals surface area (Å²) in [6, 6.07) is 9.77. The maximum absolute atomic E-state index is 12.4. The van der Waals surface area contributed by atoms with Gasteiger partial charge in [-0.25, -0.2) is 5.84 Å². The van der Waals surface area contributed by atoms with E-state index in [1.54, 1.807) is 6.07 Å². The Morgan fingerprint density at radius 3 is 2.85 bits per heavy atom. The van der Waals surface area contributed by atoms with Crippen LogP contribution in [0.4, 0.5) is 0 Å². The van der Waals surface area contributed by atoms with Gasteiger partial charge in [-0.05, 0) is 29.9 Å². The minimum absolute atomic E-state index is 0.0616. The van der Waals surface area contributed by atoms with Crippen LogP contribution in [0.2, 0.25) is 0 Å². The second-order valence-electron chi connectivity index (χ2n) is 6.09. The lowest BCUT2D eigenvalue weighted by Crippen LogP contribution is -2.33. The van der Waals surface area contributed by atoms with Crippen molar-refractivity contribution in [2.24, 2.45) is 16.8 Å². The Balaban J connectivity index is 2.13. The molecule has 1 saturated carbocycles. The van der Waals surface area contributed by atoms with E-state index in [1.807, 2.05) is 18.2 Å². The molecule has 138 valence electrons. The van der Waals surface area contributed by atoms with E-state index in [0.717, 1.165) is 30.2 Å². The number of hydrazine groups is 1. The maximum atomic E-state index is 12.4. The molecule has 1 aromatic carbocycles. The number of nitriles is 1. The molecule has 6 N–H and O–H groups in total. The predicted molar refractivity (Wildman–Crippen MR) is 104 cm³/mol. The van der Waals surface area contributed by atoms with Crippen LogP contribution in [0.3, 0.4) is 0 Å². The fourth-order valence-electron chi connectivity index (χ4n) is 2.84. The SMILES string of the molecule is N#Cc1c(SCC(=NN)NN)[nH]c(=O)c(C=O)c1-c1cccc(C2CC2)c1. The number of nitrogens with two attached hydrogens (primary N) is 2. The van der Waals surface area contributed by atoms with Crippen LogP contribution in [0.5, 0.6) is 0 Å². The first-order valence-electron chi connectivity index (χ1n) is 8.25. The van der Waals surface area contributed by atoms with Crippen molar-refractivity contribution in [1.29, 1.82) is 5.26 Å². The van der Waals surface area contributed by atoms with Crippen molar-refractivity contribution >= 4 is 23.9 Å². The van der Waals surface area contributed by atoms with Crippen LogP contribution in [0.15, 0.2) is 39.2 Å². The number of pyridine rings is 1. The molecule has 0 unspecified atom stereocenters. The number of carbonyl (C=O) groups is 1. The topological polar surface area (TPSA) is 150 Å². The van der Waals surface area contributed by atoms with Gasteiger partial charge in [0.05, 0.1) is 21.9 Å². The summed E-state index contributed by atoms with van der Waals surface area (Å²) >= 11 is 1.15. The van der Waals surface area contributed by atoms with Gasteiger partial charge in [-0.15, -0.1) is 0 Å². The first-order valence-corrected chi connectivity index (χ1v) is 9.23. The zero-order valence-corrected chi connectivity index (χ0v) is 15.2. The number of hydrazone groups is 1. The highest BCUT2D eigenvalue weighted by molar-refractivity contribution is 8.00. The largest absolute Gasteiger partial charge is 0.322 e. The van der Waals surface area contributed by atoms with Gasteiger partial charge in [-0.3, -0.25) is 9.59 Å². The van der Waals surface area contributed by atoms with Crippen molar-refractivity contribution in [3.63, 3.8) is 0 Å². The van der Waals surface area contributed by atoms with E-state index in [0.29, 0.717) is 34.2 Å². The van der Waals surface area contributed by atoms with E-state index in [1.165, 1.54) is 0 Å². The average molecular weight is 382 g/mol. The molecule has 0 radical (unpaired) electrons. The molecule has 0 spiro atoms. The van der Waals surface area contributed by atoms with E-state index in [9.17, 15) is 14.9 Å². The highest BCUT2D eigenvalue weighted by Crippen LogP contribution is 2.41. The summed E-state index contributed by atoms with van der Waals surface area (Å²) in [6.45, 7) is 0. The molecule has 1 heterocycles. The van der Waals surface area contributed by atoms with Crippen molar-refractivity contribution in [1.82, 2.24) is 10.4 Å². The Morgan fingerprint density at radius 2 is 2.26 bits per heavy atom. The van der Waals surface area contributed by atoms with Gasteiger partial charge in [0.25, 0.3) is 5.56 Å². The summed E-state index contributed by atoms with van der Waals surface area (Å²) in [6.07, 6.45) is 2.74. The molecule has 1 aromatic heterocycles. The van der Waals surface area contributed by atoms with E-state index >= 15 is 0 Å². The van der Waals surface area contributed by atoms with Gasteiger partial charge in [0.15, 0.2) is 6.29 Å². The minimum Gasteiger partial charge on any atom is -0.322 e. The molecule has 8 nitrogen and oxygen atoms in total. The van der Waals surface area contributed by atoms with E-state index in [-0.39, 0.29) is 16.9 Å². The monoisotopic (exact) mass is 382 g/mol. The lowest BCUT2D eigenvalue weighted by atomic mass is 9.95. The molecule has 9 heteroatoms. The van der Waals surface area contributed by atoms with Gasteiger partial charge in [0, 0.05) is 5.56 Å². The zero-order valence-electron chi connectivity index (χ0n) is 14.4. The van der Waals surface area contributed by atoms with Crippen LogP contribution in [-0.4, -0.2) is 22.9 Å². The second-order valence-corrected chi connectivity index (χ2v) is 7.07. The van der Waals surface area contributed by atoms with Crippen molar-refractivity contribution < 1.29 is 4.79 Å². The van der Waals surface area contributed by atoms with Crippen molar-refractivity contribution in [3.8, 4) is 17.2 Å². The zero-order chi connectivity index (χ0) is 19.4. The molecular formula is C18H18N6O2S. The fraction of sp³-hybridized carbons (Fsp3) is 0.222. The molecular weight excluding hydrogens is 364 g/mol. The van der Waals surface area contributed by atoms with E-state index < -0.39 is 5.56 Å². The molecule has 27 heavy (non-hydrogen) atoms. The van der Waals surface area contributed by atoms with Crippen LogP contribution in [-0.2, 0) is 0 Å². The molecule has 1 fully saturated rings. The number of aldehydes is 1. The summed E-state index contributed by atoms with van der Waals surface area (Å²) in [5.74, 6) is 11.5. The number of amidine groups is 1. The number of hydrogen-bond acceptors (Lipinski definition) is 7. The summed E-state index contributed by atoms with van der Waals surface area (Å²) in [7, 11) is 0. The predicted octanol–water partition coefficient (Wildman–Crippen LogP) is 1.43. The molecule has 3 rings (SSSR count). The van der Waals surface area contributed by atoms with Gasteiger partial charge in [-0.2, -0.15) is 10.4 Å². The first kappa shape index (κ1) is 18.7. The summed E-state index contributed by atoms with van der Waals surface area (Å²) in [4.78, 5) is 26.6. The third-order valence-corrected chi connectivity index (χ3v) is 5.36. The molecule has 2 aromatic rings. The number of aromatic nitrogens is 1. The number of benzene rings is 1. The number of nitrogens with zero attached hydrogens (tertiary/aromatic N) is 2. The molecule has 0 atom stereocenters. The Labute approximate surface area is 159 Å². The number of nitrogens with one attached hydrogen (secondary N) is 2. The smallest absolute Gasteiger partial charge is 0.260 e. The normalized spacial score (nSPS) is 13.9. The van der Waals surface area contributed by atoms with E-state index in [2.05, 4.69) is 21.6 Å². The molecule has 0 amide bonds. The summed E-state index contributed by atoms with van der Waals surface area (Å²) in [5, 5.41) is 13.6. The highest BCUT2D eigenvalue weighted by atomic mass is 32.2. The van der Waals surface area contributed by atoms with Gasteiger partial charge >= 0.3 is 0 Å². The number of carbonyl (C=O) groups excluding carboxylic acids is 1. The van der Waals surface area contributed by atoms with Gasteiger partial charge in [0.2, 0.25) is 0 Å². The third-order valence-electron chi connectivity index (χ3n) is 4.35. The standard InChI is InChI=1S/C18H18N6O2S/c19-7-13-16(12-3-1-2-11(6-12)10-4-5-10)14(8-25)17(26)22-18(13)27-9-15(23-20)24-21/h1-3,6,8,10H,4-5,9,20-21H2,(H,22,26)(H,23,24). The fourth-order valence-corrected chi connectivity index (χ4v) is 3.74. The number of hydrogen-bond donors (Lipinski definition) is 4. The summed E-state index contributed by atoms with van der Waals surface area (Å²) < 4.78 is 0. The van der Waals surface area contributed by atoms with Crippen LogP contribution in [0.1, 0.15) is 40.2 Å². The van der Waals surface area contributed by atoms with Crippen molar-refractivity contribution in [2.45, 2.75) is 23.8 Å².